The van der Waals surface area contributed by atoms with E-state index in [2.05, 4.69) is 15.5 Å². The van der Waals surface area contributed by atoms with Gasteiger partial charge in [-0.3, -0.25) is 9.78 Å². The molecule has 4 rings (SSSR count). The number of rotatable bonds is 17. The van der Waals surface area contributed by atoms with Crippen LogP contribution in [0.1, 0.15) is 57.1 Å². The molecule has 13 nitrogen and oxygen atoms in total. The number of aliphatic hydroxyl groups is 1. The molecule has 3 aromatic rings. The van der Waals surface area contributed by atoms with Gasteiger partial charge in [0.1, 0.15) is 6.04 Å². The number of amides is 3. The summed E-state index contributed by atoms with van der Waals surface area (Å²) in [6, 6.07) is 18.7. The van der Waals surface area contributed by atoms with Crippen molar-refractivity contribution in [2.75, 3.05) is 33.3 Å². The summed E-state index contributed by atoms with van der Waals surface area (Å²) < 4.78 is 34.3. The van der Waals surface area contributed by atoms with Crippen molar-refractivity contribution in [1.82, 2.24) is 24.4 Å². The Kier molecular flexibility index (Phi) is 13.9. The van der Waals surface area contributed by atoms with E-state index in [1.54, 1.807) is 16.9 Å². The lowest BCUT2D eigenvalue weighted by Crippen LogP contribution is -2.59. The van der Waals surface area contributed by atoms with E-state index in [0.29, 0.717) is 31.0 Å². The normalized spacial score (nSPS) is 15.8. The third-order valence-corrected chi connectivity index (χ3v) is 10.6. The number of sulfonamides is 1. The molecule has 0 unspecified atom stereocenters. The van der Waals surface area contributed by atoms with Gasteiger partial charge >= 0.3 is 6.03 Å². The van der Waals surface area contributed by atoms with Crippen LogP contribution in [0.2, 0.25) is 0 Å². The second kappa shape index (κ2) is 17.9. The van der Waals surface area contributed by atoms with Gasteiger partial charge in [-0.15, -0.1) is 0 Å². The molecule has 3 N–H and O–H groups in total. The summed E-state index contributed by atoms with van der Waals surface area (Å²) in [5, 5.41) is 26.7. The lowest BCUT2D eigenvalue weighted by atomic mass is 9.84. The van der Waals surface area contributed by atoms with Gasteiger partial charge in [-0.05, 0) is 53.1 Å². The number of carbonyl (C=O) groups is 2. The quantitative estimate of drug-likeness (QED) is 0.106. The molecule has 1 aromatic heterocycles. The van der Waals surface area contributed by atoms with E-state index in [0.717, 1.165) is 11.3 Å². The van der Waals surface area contributed by atoms with Crippen LogP contribution < -0.4 is 5.32 Å². The van der Waals surface area contributed by atoms with Crippen LogP contribution in [0.4, 0.5) is 4.79 Å². The highest BCUT2D eigenvalue weighted by Crippen LogP contribution is 2.29. The third-order valence-electron chi connectivity index (χ3n) is 8.79. The lowest BCUT2D eigenvalue weighted by molar-refractivity contribution is -0.130. The maximum atomic E-state index is 14.4. The van der Waals surface area contributed by atoms with Gasteiger partial charge in [-0.1, -0.05) is 88.3 Å². The average Bonchev–Trinajstić information content (AvgIpc) is 3.42. The van der Waals surface area contributed by atoms with E-state index in [9.17, 15) is 23.1 Å². The van der Waals surface area contributed by atoms with Gasteiger partial charge in [0.05, 0.1) is 47.8 Å². The second-order valence-corrected chi connectivity index (χ2v) is 16.6. The number of aromatic nitrogens is 1. The molecule has 0 radical (unpaired) electrons. The highest BCUT2D eigenvalue weighted by atomic mass is 32.2. The zero-order valence-electron chi connectivity index (χ0n) is 30.8. The minimum absolute atomic E-state index is 0.0182. The summed E-state index contributed by atoms with van der Waals surface area (Å²) in [6.45, 7) is 10.6. The first kappa shape index (κ1) is 40.4. The molecular weight excluding hydrogens is 685 g/mol. The number of ether oxygens (including phenoxy) is 1. The molecule has 14 heteroatoms. The van der Waals surface area contributed by atoms with Crippen LogP contribution in [-0.2, 0) is 39.1 Å². The van der Waals surface area contributed by atoms with Crippen LogP contribution in [0, 0.1) is 11.3 Å². The number of hydrogen-bond donors (Lipinski definition) is 3. The molecule has 2 aromatic carbocycles. The number of nitrogens with one attached hydrogen (secondary N) is 1. The van der Waals surface area contributed by atoms with E-state index in [-0.39, 0.29) is 42.9 Å². The summed E-state index contributed by atoms with van der Waals surface area (Å²) in [4.78, 5) is 36.1. The Hall–Kier alpha value is -4.37. The van der Waals surface area contributed by atoms with E-state index in [4.69, 9.17) is 9.94 Å². The molecule has 0 aliphatic carbocycles. The van der Waals surface area contributed by atoms with Gasteiger partial charge < -0.3 is 30.2 Å². The molecule has 1 aliphatic rings. The number of methoxy groups -OCH3 is 1. The first-order valence-electron chi connectivity index (χ1n) is 17.4. The number of hydrogen-bond acceptors (Lipinski definition) is 9. The fourth-order valence-electron chi connectivity index (χ4n) is 6.40. The Balaban J connectivity index is 1.59. The van der Waals surface area contributed by atoms with Crippen LogP contribution in [0.25, 0.3) is 0 Å². The maximum Gasteiger partial charge on any atom is 0.321 e. The number of oxime groups is 1. The van der Waals surface area contributed by atoms with Crippen molar-refractivity contribution in [2.45, 2.75) is 77.3 Å². The summed E-state index contributed by atoms with van der Waals surface area (Å²) >= 11 is 0. The summed E-state index contributed by atoms with van der Waals surface area (Å²) in [7, 11) is -2.48. The van der Waals surface area contributed by atoms with Crippen molar-refractivity contribution in [3.8, 4) is 0 Å². The summed E-state index contributed by atoms with van der Waals surface area (Å²) in [6.07, 6.45) is 0.106. The molecule has 0 bridgehead atoms. The van der Waals surface area contributed by atoms with Gasteiger partial charge in [0, 0.05) is 33.3 Å². The fourth-order valence-corrected chi connectivity index (χ4v) is 8.02. The Bertz CT molecular complexity index is 1760. The summed E-state index contributed by atoms with van der Waals surface area (Å²) in [5.74, 6) is -0.515. The van der Waals surface area contributed by atoms with Gasteiger partial charge in [0.2, 0.25) is 15.9 Å². The van der Waals surface area contributed by atoms with Crippen LogP contribution in [-0.4, -0.2) is 107 Å². The SMILES string of the molecule is COCc1cccc(CN2CCN([C@H](C(=O)N[C@@H](Cc3ccccc3)[C@H](O)CN(CC(C)C)S(=O)(=O)c3ccc(C=NO)cc3)C(C)(C)C)C2=O)n1. The number of carbonyl (C=O) groups excluding carboxylic acids is 2. The Morgan fingerprint density at radius 3 is 2.31 bits per heavy atom. The molecule has 1 aliphatic heterocycles. The van der Waals surface area contributed by atoms with E-state index < -0.39 is 39.5 Å². The highest BCUT2D eigenvalue weighted by Gasteiger charge is 2.44. The van der Waals surface area contributed by atoms with Crippen LogP contribution in [0.5, 0.6) is 0 Å². The van der Waals surface area contributed by atoms with E-state index in [1.807, 2.05) is 83.1 Å². The zero-order chi connectivity index (χ0) is 38.1. The molecule has 0 spiro atoms. The van der Waals surface area contributed by atoms with Gasteiger partial charge in [-0.25, -0.2) is 13.2 Å². The highest BCUT2D eigenvalue weighted by molar-refractivity contribution is 7.89. The number of urea groups is 1. The maximum absolute atomic E-state index is 14.4. The molecule has 52 heavy (non-hydrogen) atoms. The molecule has 1 saturated heterocycles. The molecule has 282 valence electrons. The molecule has 0 saturated carbocycles. The van der Waals surface area contributed by atoms with Crippen molar-refractivity contribution < 1.29 is 33.1 Å². The van der Waals surface area contributed by atoms with Crippen LogP contribution >= 0.6 is 0 Å². The number of benzene rings is 2. The second-order valence-electron chi connectivity index (χ2n) is 14.6. The number of nitrogens with zero attached hydrogens (tertiary/aromatic N) is 5. The lowest BCUT2D eigenvalue weighted by Gasteiger charge is -2.38. The first-order valence-corrected chi connectivity index (χ1v) is 18.9. The molecule has 3 atom stereocenters. The predicted octanol–water partition coefficient (Wildman–Crippen LogP) is 4.12. The van der Waals surface area contributed by atoms with E-state index in [1.165, 1.54) is 34.8 Å². The smallest absolute Gasteiger partial charge is 0.321 e. The van der Waals surface area contributed by atoms with Gasteiger partial charge in [-0.2, -0.15) is 4.31 Å². The molecular formula is C38H52N6O7S. The predicted molar refractivity (Wildman–Crippen MR) is 198 cm³/mol. The Morgan fingerprint density at radius 1 is 1.02 bits per heavy atom. The van der Waals surface area contributed by atoms with Crippen molar-refractivity contribution in [1.29, 1.82) is 0 Å². The van der Waals surface area contributed by atoms with Gasteiger partial charge in [0.25, 0.3) is 0 Å². The van der Waals surface area contributed by atoms with Crippen molar-refractivity contribution >= 4 is 28.2 Å². The van der Waals surface area contributed by atoms with Crippen molar-refractivity contribution in [2.24, 2.45) is 16.5 Å². The van der Waals surface area contributed by atoms with Crippen LogP contribution in [0.15, 0.2) is 82.8 Å². The average molecular weight is 737 g/mol. The summed E-state index contributed by atoms with van der Waals surface area (Å²) in [5.41, 5.74) is 2.13. The largest absolute Gasteiger partial charge is 0.411 e. The molecule has 3 amide bonds. The monoisotopic (exact) mass is 736 g/mol. The van der Waals surface area contributed by atoms with Gasteiger partial charge in [0.15, 0.2) is 0 Å². The zero-order valence-corrected chi connectivity index (χ0v) is 31.7. The molecule has 2 heterocycles. The topological polar surface area (TPSA) is 165 Å². The minimum atomic E-state index is -4.07. The molecule has 1 fully saturated rings. The van der Waals surface area contributed by atoms with Crippen molar-refractivity contribution in [3.63, 3.8) is 0 Å². The Labute approximate surface area is 307 Å². The fraction of sp³-hybridized carbons (Fsp3) is 0.474. The first-order chi connectivity index (χ1) is 24.6. The number of pyridine rings is 1. The minimum Gasteiger partial charge on any atom is -0.411 e. The van der Waals surface area contributed by atoms with Crippen molar-refractivity contribution in [3.05, 3.63) is 95.3 Å². The van der Waals surface area contributed by atoms with E-state index >= 15 is 0 Å². The Morgan fingerprint density at radius 2 is 1.69 bits per heavy atom. The third kappa shape index (κ3) is 10.6. The standard InChI is InChI=1S/C38H52N6O7S/c1-27(2)23-43(52(49,50)32-17-15-29(16-18-32)22-39-48)25-34(45)33(21-28-11-8-7-9-12-28)41-36(46)35(38(3,4)5)44-20-19-42(37(44)47)24-30-13-10-14-31(40-30)26-51-6/h7-18,22,27,33-35,45,48H,19-21,23-26H2,1-6H3,(H,41,46)/t33-,34+,35+/m0/s1. The number of aliphatic hydroxyl groups excluding tert-OH is 1. The van der Waals surface area contributed by atoms with Crippen LogP contribution in [0.3, 0.4) is 0 Å².